The predicted octanol–water partition coefficient (Wildman–Crippen LogP) is 6.37. The van der Waals surface area contributed by atoms with Gasteiger partial charge in [-0.1, -0.05) is 54.6 Å². The number of nitrogens with one attached hydrogen (secondary N) is 1. The number of benzene rings is 2. The van der Waals surface area contributed by atoms with Crippen LogP contribution in [0.1, 0.15) is 64.4 Å². The van der Waals surface area contributed by atoms with E-state index in [1.807, 2.05) is 56.3 Å². The van der Waals surface area contributed by atoms with Gasteiger partial charge in [0.05, 0.1) is 0 Å². The fourth-order valence-electron chi connectivity index (χ4n) is 5.68. The first-order valence-electron chi connectivity index (χ1n) is 14.2. The number of carbonyl (C=O) groups excluding carboxylic acids is 2. The summed E-state index contributed by atoms with van der Waals surface area (Å²) in [5.41, 5.74) is 11.1. The van der Waals surface area contributed by atoms with E-state index in [1.165, 1.54) is 0 Å². The average molecular weight is 525 g/mol. The fraction of sp³-hybridized carbons (Fsp3) is 0.424. The molecule has 0 spiro atoms. The minimum Gasteiger partial charge on any atom is -0.343 e. The molecule has 0 unspecified atom stereocenters. The van der Waals surface area contributed by atoms with Gasteiger partial charge in [0.25, 0.3) is 0 Å². The van der Waals surface area contributed by atoms with Crippen LogP contribution in [0.2, 0.25) is 0 Å². The van der Waals surface area contributed by atoms with Crippen LogP contribution in [-0.4, -0.2) is 34.8 Å². The summed E-state index contributed by atoms with van der Waals surface area (Å²) < 4.78 is 0. The van der Waals surface area contributed by atoms with Crippen molar-refractivity contribution in [3.8, 4) is 22.3 Å². The second-order valence-electron chi connectivity index (χ2n) is 11.9. The number of nitrogens with zero attached hydrogens (tertiary/aromatic N) is 2. The minimum atomic E-state index is -0.406. The zero-order chi connectivity index (χ0) is 27.6. The molecule has 2 amide bonds. The van der Waals surface area contributed by atoms with Crippen LogP contribution in [0, 0.1) is 11.8 Å². The van der Waals surface area contributed by atoms with Gasteiger partial charge in [0, 0.05) is 42.7 Å². The molecule has 204 valence electrons. The fourth-order valence-corrected chi connectivity index (χ4v) is 5.68. The number of amides is 2. The summed E-state index contributed by atoms with van der Waals surface area (Å²) in [7, 11) is 1.95. The van der Waals surface area contributed by atoms with Gasteiger partial charge in [-0.05, 0) is 86.6 Å². The third kappa shape index (κ3) is 6.56. The summed E-state index contributed by atoms with van der Waals surface area (Å²) in [6, 6.07) is 20.8. The van der Waals surface area contributed by atoms with Gasteiger partial charge < -0.3 is 16.0 Å². The zero-order valence-electron chi connectivity index (χ0n) is 23.3. The lowest BCUT2D eigenvalue weighted by atomic mass is 9.83. The molecule has 2 fully saturated rings. The van der Waals surface area contributed by atoms with Crippen molar-refractivity contribution in [2.75, 3.05) is 12.4 Å². The number of carbonyl (C=O) groups is 2. The van der Waals surface area contributed by atoms with Crippen molar-refractivity contribution in [3.05, 3.63) is 72.4 Å². The van der Waals surface area contributed by atoms with Gasteiger partial charge in [0.2, 0.25) is 11.8 Å². The maximum atomic E-state index is 13.0. The Morgan fingerprint density at radius 1 is 0.923 bits per heavy atom. The van der Waals surface area contributed by atoms with Gasteiger partial charge in [-0.2, -0.15) is 0 Å². The van der Waals surface area contributed by atoms with Crippen molar-refractivity contribution in [1.82, 2.24) is 9.88 Å². The number of aromatic nitrogens is 1. The predicted molar refractivity (Wildman–Crippen MR) is 157 cm³/mol. The van der Waals surface area contributed by atoms with Crippen molar-refractivity contribution >= 4 is 17.6 Å². The molecule has 0 saturated heterocycles. The first-order chi connectivity index (χ1) is 18.7. The molecule has 0 atom stereocenters. The van der Waals surface area contributed by atoms with Crippen molar-refractivity contribution in [3.63, 3.8) is 0 Å². The Hall–Kier alpha value is -3.51. The number of anilines is 1. The van der Waals surface area contributed by atoms with E-state index in [0.717, 1.165) is 66.3 Å². The molecule has 6 heteroatoms. The number of rotatable bonds is 8. The third-order valence-corrected chi connectivity index (χ3v) is 8.31. The Balaban J connectivity index is 1.26. The van der Waals surface area contributed by atoms with Crippen molar-refractivity contribution in [1.29, 1.82) is 0 Å². The summed E-state index contributed by atoms with van der Waals surface area (Å²) in [5.74, 6) is 1.46. The van der Waals surface area contributed by atoms with Gasteiger partial charge in [-0.25, -0.2) is 4.98 Å². The Morgan fingerprint density at radius 2 is 1.56 bits per heavy atom. The van der Waals surface area contributed by atoms with Crippen LogP contribution >= 0.6 is 0 Å². The highest BCUT2D eigenvalue weighted by molar-refractivity contribution is 5.92. The second kappa shape index (κ2) is 11.3. The molecular weight excluding hydrogens is 484 g/mol. The molecule has 2 aliphatic rings. The molecule has 6 nitrogen and oxygen atoms in total. The third-order valence-electron chi connectivity index (χ3n) is 8.31. The molecule has 0 radical (unpaired) electrons. The topological polar surface area (TPSA) is 88.3 Å². The molecule has 39 heavy (non-hydrogen) atoms. The van der Waals surface area contributed by atoms with Gasteiger partial charge >= 0.3 is 0 Å². The molecule has 3 N–H and O–H groups in total. The van der Waals surface area contributed by atoms with E-state index in [9.17, 15) is 9.59 Å². The number of pyridine rings is 1. The Kier molecular flexibility index (Phi) is 7.85. The highest BCUT2D eigenvalue weighted by Gasteiger charge is 2.36. The SMILES string of the molecule is CN(C(=O)C1CC1)[C@H]1CC[C@H](CC(=O)Nc2cc(-c3ccccc3)c(-c3ccc(C(C)(C)N)cc3)cn2)CC1. The van der Waals surface area contributed by atoms with Crippen molar-refractivity contribution < 1.29 is 9.59 Å². The average Bonchev–Trinajstić information content (AvgIpc) is 3.78. The monoisotopic (exact) mass is 524 g/mol. The van der Waals surface area contributed by atoms with E-state index in [0.29, 0.717) is 30.1 Å². The Bertz CT molecular complexity index is 1300. The van der Waals surface area contributed by atoms with Crippen LogP contribution in [0.4, 0.5) is 5.82 Å². The first-order valence-corrected chi connectivity index (χ1v) is 14.2. The molecule has 2 aliphatic carbocycles. The summed E-state index contributed by atoms with van der Waals surface area (Å²) in [6.45, 7) is 3.99. The van der Waals surface area contributed by atoms with E-state index in [-0.39, 0.29) is 11.8 Å². The molecular formula is C33H40N4O2. The van der Waals surface area contributed by atoms with E-state index in [2.05, 4.69) is 46.7 Å². The summed E-state index contributed by atoms with van der Waals surface area (Å²) >= 11 is 0. The maximum absolute atomic E-state index is 13.0. The highest BCUT2D eigenvalue weighted by Crippen LogP contribution is 2.36. The maximum Gasteiger partial charge on any atom is 0.225 e. The van der Waals surface area contributed by atoms with E-state index < -0.39 is 5.54 Å². The lowest BCUT2D eigenvalue weighted by Gasteiger charge is -2.34. The Morgan fingerprint density at radius 3 is 2.18 bits per heavy atom. The standard InChI is InChI=1S/C33H40N4O2/c1-33(2,34)26-15-13-24(14-16-26)29-21-35-30(20-28(29)23-7-5-4-6-8-23)36-31(38)19-22-9-17-27(18-10-22)37(3)32(39)25-11-12-25/h4-8,13-16,20-22,25,27H,9-12,17-19,34H2,1-3H3,(H,35,36,38)/t22-,27-. The van der Waals surface area contributed by atoms with E-state index in [4.69, 9.17) is 5.73 Å². The van der Waals surface area contributed by atoms with Crippen LogP contribution in [0.25, 0.3) is 22.3 Å². The van der Waals surface area contributed by atoms with Gasteiger partial charge in [0.15, 0.2) is 0 Å². The summed E-state index contributed by atoms with van der Waals surface area (Å²) in [6.07, 6.45) is 8.29. The molecule has 2 aromatic carbocycles. The lowest BCUT2D eigenvalue weighted by Crippen LogP contribution is -2.40. The zero-order valence-corrected chi connectivity index (χ0v) is 23.3. The molecule has 3 aromatic rings. The lowest BCUT2D eigenvalue weighted by molar-refractivity contribution is -0.134. The van der Waals surface area contributed by atoms with Gasteiger partial charge in [-0.3, -0.25) is 9.59 Å². The molecule has 0 bridgehead atoms. The smallest absolute Gasteiger partial charge is 0.225 e. The number of hydrogen-bond acceptors (Lipinski definition) is 4. The molecule has 1 heterocycles. The Labute approximate surface area is 232 Å². The van der Waals surface area contributed by atoms with E-state index >= 15 is 0 Å². The number of nitrogens with two attached hydrogens (primary N) is 1. The van der Waals surface area contributed by atoms with E-state index in [1.54, 1.807) is 0 Å². The van der Waals surface area contributed by atoms with Crippen LogP contribution in [0.15, 0.2) is 66.9 Å². The molecule has 0 aliphatic heterocycles. The summed E-state index contributed by atoms with van der Waals surface area (Å²) in [4.78, 5) is 32.0. The van der Waals surface area contributed by atoms with Crippen LogP contribution in [0.5, 0.6) is 0 Å². The van der Waals surface area contributed by atoms with Crippen LogP contribution < -0.4 is 11.1 Å². The van der Waals surface area contributed by atoms with Crippen LogP contribution in [-0.2, 0) is 15.1 Å². The van der Waals surface area contributed by atoms with Gasteiger partial charge in [0.1, 0.15) is 5.82 Å². The largest absolute Gasteiger partial charge is 0.343 e. The van der Waals surface area contributed by atoms with Crippen LogP contribution in [0.3, 0.4) is 0 Å². The quantitative estimate of drug-likeness (QED) is 0.359. The minimum absolute atomic E-state index is 0.00495. The molecule has 5 rings (SSSR count). The van der Waals surface area contributed by atoms with Gasteiger partial charge in [-0.15, -0.1) is 0 Å². The second-order valence-corrected chi connectivity index (χ2v) is 11.9. The van der Waals surface area contributed by atoms with Crippen molar-refractivity contribution in [2.24, 2.45) is 17.6 Å². The highest BCUT2D eigenvalue weighted by atomic mass is 16.2. The first kappa shape index (κ1) is 27.1. The van der Waals surface area contributed by atoms with Crippen molar-refractivity contribution in [2.45, 2.75) is 70.4 Å². The summed E-state index contributed by atoms with van der Waals surface area (Å²) in [5, 5.41) is 3.05. The molecule has 1 aromatic heterocycles. The molecule has 2 saturated carbocycles. The normalized spacial score (nSPS) is 19.4. The number of hydrogen-bond donors (Lipinski definition) is 2.